The summed E-state index contributed by atoms with van der Waals surface area (Å²) in [4.78, 5) is 26.0. The van der Waals surface area contributed by atoms with Crippen molar-refractivity contribution in [1.82, 2.24) is 9.21 Å². The van der Waals surface area contributed by atoms with Gasteiger partial charge in [-0.1, -0.05) is 30.0 Å². The van der Waals surface area contributed by atoms with Crippen LogP contribution >= 0.6 is 11.8 Å². The molecule has 2 amide bonds. The Bertz CT molecular complexity index is 1090. The van der Waals surface area contributed by atoms with Crippen LogP contribution in [0.2, 0.25) is 0 Å². The number of morpholine rings is 1. The summed E-state index contributed by atoms with van der Waals surface area (Å²) < 4.78 is 38.6. The van der Waals surface area contributed by atoms with Crippen molar-refractivity contribution in [1.29, 1.82) is 0 Å². The fourth-order valence-electron chi connectivity index (χ4n) is 3.34. The lowest BCUT2D eigenvalue weighted by Crippen LogP contribution is -2.40. The van der Waals surface area contributed by atoms with Crippen LogP contribution in [0.4, 0.5) is 10.5 Å². The van der Waals surface area contributed by atoms with Crippen molar-refractivity contribution in [3.05, 3.63) is 48.5 Å². The topological polar surface area (TPSA) is 105 Å². The third kappa shape index (κ3) is 5.23. The first kappa shape index (κ1) is 22.6. The molecule has 0 unspecified atom stereocenters. The zero-order chi connectivity index (χ0) is 22.6. The smallest absolute Gasteiger partial charge is 0.282 e. The number of anilines is 1. The van der Waals surface area contributed by atoms with Gasteiger partial charge in [-0.15, -0.1) is 0 Å². The summed E-state index contributed by atoms with van der Waals surface area (Å²) in [5, 5.41) is 2.57. The summed E-state index contributed by atoms with van der Waals surface area (Å²) in [5.74, 6) is 1.05. The van der Waals surface area contributed by atoms with Gasteiger partial charge in [-0.2, -0.15) is 4.31 Å². The molecular formula is C21H23N3O6S2. The number of sulfonamides is 1. The number of thioether (sulfide) groups is 1. The Morgan fingerprint density at radius 2 is 1.84 bits per heavy atom. The van der Waals surface area contributed by atoms with Gasteiger partial charge in [0.25, 0.3) is 5.24 Å². The van der Waals surface area contributed by atoms with E-state index in [2.05, 4.69) is 5.32 Å². The van der Waals surface area contributed by atoms with Gasteiger partial charge < -0.3 is 19.7 Å². The standard InChI is InChI=1S/C21H23N3O6S2/c25-20(15-23-10-13-31-21(23)26)22-18-14-17(32(27,28)24-8-11-29-12-9-24)6-7-19(18)30-16-4-2-1-3-5-16/h1-7,14H,8-13,15H2,(H,22,25). The molecule has 0 aromatic heterocycles. The molecule has 2 aliphatic rings. The zero-order valence-corrected chi connectivity index (χ0v) is 18.9. The molecule has 2 saturated heterocycles. The van der Waals surface area contributed by atoms with E-state index in [0.29, 0.717) is 37.0 Å². The second-order valence-corrected chi connectivity index (χ2v) is 10.2. The van der Waals surface area contributed by atoms with E-state index in [1.165, 1.54) is 39.2 Å². The van der Waals surface area contributed by atoms with Crippen molar-refractivity contribution in [3.8, 4) is 11.5 Å². The first-order valence-electron chi connectivity index (χ1n) is 10.1. The predicted octanol–water partition coefficient (Wildman–Crippen LogP) is 2.61. The largest absolute Gasteiger partial charge is 0.455 e. The number of hydrogen-bond donors (Lipinski definition) is 1. The minimum absolute atomic E-state index is 0.0444. The van der Waals surface area contributed by atoms with Crippen LogP contribution in [-0.4, -0.2) is 73.9 Å². The maximum atomic E-state index is 13.1. The quantitative estimate of drug-likeness (QED) is 0.653. The molecule has 0 atom stereocenters. The Hall–Kier alpha value is -2.60. The molecule has 2 heterocycles. The van der Waals surface area contributed by atoms with Crippen LogP contribution in [0.15, 0.2) is 53.4 Å². The monoisotopic (exact) mass is 477 g/mol. The maximum Gasteiger partial charge on any atom is 0.282 e. The highest BCUT2D eigenvalue weighted by molar-refractivity contribution is 8.13. The highest BCUT2D eigenvalue weighted by Gasteiger charge is 2.28. The van der Waals surface area contributed by atoms with Gasteiger partial charge in [0.1, 0.15) is 12.3 Å². The lowest BCUT2D eigenvalue weighted by Gasteiger charge is -2.26. The van der Waals surface area contributed by atoms with Crippen LogP contribution in [0.1, 0.15) is 0 Å². The molecule has 2 aliphatic heterocycles. The van der Waals surface area contributed by atoms with Crippen molar-refractivity contribution in [3.63, 3.8) is 0 Å². The molecular weight excluding hydrogens is 454 g/mol. The first-order valence-corrected chi connectivity index (χ1v) is 12.5. The SMILES string of the molecule is O=C(CN1CCSC1=O)Nc1cc(S(=O)(=O)N2CCOCC2)ccc1Oc1ccccc1. The van der Waals surface area contributed by atoms with Crippen LogP contribution < -0.4 is 10.1 Å². The average Bonchev–Trinajstić information content (AvgIpc) is 3.20. The third-order valence-electron chi connectivity index (χ3n) is 4.98. The van der Waals surface area contributed by atoms with E-state index in [-0.39, 0.29) is 35.5 Å². The normalized spacial score (nSPS) is 17.4. The Labute approximate surface area is 190 Å². The molecule has 2 aromatic carbocycles. The van der Waals surface area contributed by atoms with E-state index in [4.69, 9.17) is 9.47 Å². The van der Waals surface area contributed by atoms with Crippen LogP contribution in [0.25, 0.3) is 0 Å². The van der Waals surface area contributed by atoms with Gasteiger partial charge in [0.05, 0.1) is 23.8 Å². The van der Waals surface area contributed by atoms with Crippen molar-refractivity contribution < 1.29 is 27.5 Å². The number of carbonyl (C=O) groups excluding carboxylic acids is 2. The minimum Gasteiger partial charge on any atom is -0.455 e. The Morgan fingerprint density at radius 1 is 1.09 bits per heavy atom. The maximum absolute atomic E-state index is 13.1. The zero-order valence-electron chi connectivity index (χ0n) is 17.2. The Morgan fingerprint density at radius 3 is 2.53 bits per heavy atom. The molecule has 0 aliphatic carbocycles. The van der Waals surface area contributed by atoms with Gasteiger partial charge in [-0.3, -0.25) is 9.59 Å². The number of rotatable bonds is 7. The molecule has 2 aromatic rings. The van der Waals surface area contributed by atoms with E-state index < -0.39 is 15.9 Å². The number of benzene rings is 2. The molecule has 0 bridgehead atoms. The summed E-state index contributed by atoms with van der Waals surface area (Å²) >= 11 is 1.17. The summed E-state index contributed by atoms with van der Waals surface area (Å²) in [6.45, 7) is 1.58. The van der Waals surface area contributed by atoms with Gasteiger partial charge in [0, 0.05) is 25.4 Å². The van der Waals surface area contributed by atoms with Crippen LogP contribution in [-0.2, 0) is 19.6 Å². The van der Waals surface area contributed by atoms with Gasteiger partial charge in [-0.05, 0) is 30.3 Å². The Kier molecular flexibility index (Phi) is 6.99. The molecule has 1 N–H and O–H groups in total. The minimum atomic E-state index is -3.76. The van der Waals surface area contributed by atoms with Gasteiger partial charge >= 0.3 is 0 Å². The summed E-state index contributed by atoms with van der Waals surface area (Å²) in [6.07, 6.45) is 0. The van der Waals surface area contributed by atoms with E-state index in [1.807, 2.05) is 18.2 Å². The molecule has 9 nitrogen and oxygen atoms in total. The van der Waals surface area contributed by atoms with Crippen LogP contribution in [0.5, 0.6) is 11.5 Å². The van der Waals surface area contributed by atoms with Crippen molar-refractivity contribution in [2.24, 2.45) is 0 Å². The summed E-state index contributed by atoms with van der Waals surface area (Å²) in [5.41, 5.74) is 0.215. The number of nitrogens with one attached hydrogen (secondary N) is 1. The number of amides is 2. The fraction of sp³-hybridized carbons (Fsp3) is 0.333. The molecule has 0 saturated carbocycles. The number of hydrogen-bond acceptors (Lipinski definition) is 7. The number of nitrogens with zero attached hydrogens (tertiary/aromatic N) is 2. The van der Waals surface area contributed by atoms with Gasteiger partial charge in [-0.25, -0.2) is 8.42 Å². The second kappa shape index (κ2) is 9.90. The van der Waals surface area contributed by atoms with Crippen molar-refractivity contribution in [2.75, 3.05) is 50.5 Å². The fourth-order valence-corrected chi connectivity index (χ4v) is 5.60. The molecule has 11 heteroatoms. The molecule has 2 fully saturated rings. The molecule has 4 rings (SSSR count). The molecule has 32 heavy (non-hydrogen) atoms. The molecule has 170 valence electrons. The van der Waals surface area contributed by atoms with E-state index in [1.54, 1.807) is 12.1 Å². The number of carbonyl (C=O) groups is 2. The first-order chi connectivity index (χ1) is 15.4. The van der Waals surface area contributed by atoms with E-state index in [9.17, 15) is 18.0 Å². The highest BCUT2D eigenvalue weighted by Crippen LogP contribution is 2.33. The summed E-state index contributed by atoms with van der Waals surface area (Å²) in [6, 6.07) is 13.3. The van der Waals surface area contributed by atoms with Crippen LogP contribution in [0, 0.1) is 0 Å². The molecule has 0 radical (unpaired) electrons. The van der Waals surface area contributed by atoms with E-state index >= 15 is 0 Å². The Balaban J connectivity index is 1.61. The van der Waals surface area contributed by atoms with Crippen molar-refractivity contribution >= 4 is 38.6 Å². The van der Waals surface area contributed by atoms with Crippen molar-refractivity contribution in [2.45, 2.75) is 4.90 Å². The second-order valence-electron chi connectivity index (χ2n) is 7.17. The van der Waals surface area contributed by atoms with E-state index in [0.717, 1.165) is 0 Å². The number of ether oxygens (including phenoxy) is 2. The predicted molar refractivity (Wildman–Crippen MR) is 121 cm³/mol. The third-order valence-corrected chi connectivity index (χ3v) is 7.77. The highest BCUT2D eigenvalue weighted by atomic mass is 32.2. The number of para-hydroxylation sites is 1. The van der Waals surface area contributed by atoms with Crippen LogP contribution in [0.3, 0.4) is 0 Å². The lowest BCUT2D eigenvalue weighted by molar-refractivity contribution is -0.116. The average molecular weight is 478 g/mol. The molecule has 0 spiro atoms. The van der Waals surface area contributed by atoms with Gasteiger partial charge in [0.15, 0.2) is 5.75 Å². The summed E-state index contributed by atoms with van der Waals surface area (Å²) in [7, 11) is -3.76. The lowest BCUT2D eigenvalue weighted by atomic mass is 10.2. The van der Waals surface area contributed by atoms with Gasteiger partial charge in [0.2, 0.25) is 15.9 Å².